The number of carbonyl (C=O) groups is 4. The van der Waals surface area contributed by atoms with Gasteiger partial charge >= 0.3 is 11.9 Å². The third-order valence-corrected chi connectivity index (χ3v) is 2.92. The van der Waals surface area contributed by atoms with Gasteiger partial charge in [0.05, 0.1) is 5.57 Å². The van der Waals surface area contributed by atoms with Gasteiger partial charge in [-0.2, -0.15) is 0 Å². The van der Waals surface area contributed by atoms with Gasteiger partial charge in [0, 0.05) is 12.5 Å². The van der Waals surface area contributed by atoms with Gasteiger partial charge in [0.15, 0.2) is 0 Å². The molecule has 0 radical (unpaired) electrons. The Morgan fingerprint density at radius 3 is 2.33 bits per heavy atom. The summed E-state index contributed by atoms with van der Waals surface area (Å²) in [5, 5.41) is 11.2. The molecule has 7 heteroatoms. The van der Waals surface area contributed by atoms with E-state index in [1.807, 2.05) is 0 Å². The van der Waals surface area contributed by atoms with Crippen LogP contribution in [0.25, 0.3) is 5.57 Å². The largest absolute Gasteiger partial charge is 0.478 e. The molecule has 1 aromatic rings. The number of aromatic carboxylic acids is 1. The minimum Gasteiger partial charge on any atom is -0.478 e. The number of carboxylic acid groups (broad SMARTS) is 1. The quantitative estimate of drug-likeness (QED) is 0.482. The van der Waals surface area contributed by atoms with Crippen molar-refractivity contribution in [3.05, 3.63) is 34.9 Å². The number of hydrogen-bond acceptors (Lipinski definition) is 5. The topological polar surface area (TPSA) is 110 Å². The molecule has 0 bridgehead atoms. The van der Waals surface area contributed by atoms with Crippen molar-refractivity contribution < 1.29 is 29.0 Å². The first kappa shape index (κ1) is 14.4. The SMILES string of the molecule is CC(=O)Oc1cc(C2=C(C)C(=O)NC2=O)ccc1C(=O)O. The standard InChI is InChI=1S/C14H11NO6/c1-6-11(13(18)15-12(6)17)8-3-4-9(14(19)20)10(5-8)21-7(2)16/h3-5H,1-2H3,(H,19,20)(H,15,17,18). The maximum atomic E-state index is 11.7. The van der Waals surface area contributed by atoms with Gasteiger partial charge in [-0.05, 0) is 24.6 Å². The second-order valence-electron chi connectivity index (χ2n) is 4.39. The summed E-state index contributed by atoms with van der Waals surface area (Å²) in [5.74, 6) is -3.22. The zero-order valence-corrected chi connectivity index (χ0v) is 11.2. The van der Waals surface area contributed by atoms with Crippen molar-refractivity contribution >= 4 is 29.3 Å². The summed E-state index contributed by atoms with van der Waals surface area (Å²) in [7, 11) is 0. The van der Waals surface area contributed by atoms with Crippen LogP contribution in [0.1, 0.15) is 29.8 Å². The number of benzene rings is 1. The molecule has 0 aromatic heterocycles. The van der Waals surface area contributed by atoms with Crippen LogP contribution in [0.4, 0.5) is 0 Å². The summed E-state index contributed by atoms with van der Waals surface area (Å²) in [4.78, 5) is 45.3. The molecule has 0 saturated carbocycles. The van der Waals surface area contributed by atoms with Gasteiger partial charge in [0.1, 0.15) is 11.3 Å². The predicted molar refractivity (Wildman–Crippen MR) is 70.5 cm³/mol. The van der Waals surface area contributed by atoms with Crippen molar-refractivity contribution in [3.63, 3.8) is 0 Å². The number of amides is 2. The molecule has 21 heavy (non-hydrogen) atoms. The molecule has 1 aliphatic heterocycles. The van der Waals surface area contributed by atoms with Crippen LogP contribution in [-0.2, 0) is 14.4 Å². The number of carboxylic acids is 1. The zero-order chi connectivity index (χ0) is 15.7. The Balaban J connectivity index is 2.57. The van der Waals surface area contributed by atoms with Crippen LogP contribution in [0.3, 0.4) is 0 Å². The summed E-state index contributed by atoms with van der Waals surface area (Å²) in [5.41, 5.74) is 0.441. The second-order valence-corrected chi connectivity index (χ2v) is 4.39. The number of esters is 1. The molecule has 0 spiro atoms. The Bertz CT molecular complexity index is 716. The Labute approximate surface area is 119 Å². The third kappa shape index (κ3) is 2.66. The summed E-state index contributed by atoms with van der Waals surface area (Å²) in [6.45, 7) is 2.61. The van der Waals surface area contributed by atoms with E-state index in [1.54, 1.807) is 0 Å². The molecule has 1 aromatic carbocycles. The molecular weight excluding hydrogens is 278 g/mol. The van der Waals surface area contributed by atoms with Gasteiger partial charge in [0.2, 0.25) is 0 Å². The number of hydrogen-bond donors (Lipinski definition) is 2. The summed E-state index contributed by atoms with van der Waals surface area (Å²) in [6.07, 6.45) is 0. The normalized spacial score (nSPS) is 14.2. The Morgan fingerprint density at radius 2 is 1.86 bits per heavy atom. The molecule has 0 aliphatic carbocycles. The highest BCUT2D eigenvalue weighted by Gasteiger charge is 2.29. The maximum absolute atomic E-state index is 11.7. The lowest BCUT2D eigenvalue weighted by atomic mass is 10.0. The third-order valence-electron chi connectivity index (χ3n) is 2.92. The van der Waals surface area contributed by atoms with Crippen LogP contribution < -0.4 is 10.1 Å². The first-order valence-corrected chi connectivity index (χ1v) is 5.94. The molecule has 0 unspecified atom stereocenters. The highest BCUT2D eigenvalue weighted by Crippen LogP contribution is 2.29. The van der Waals surface area contributed by atoms with Crippen molar-refractivity contribution in [2.75, 3.05) is 0 Å². The van der Waals surface area contributed by atoms with E-state index in [-0.39, 0.29) is 22.5 Å². The first-order chi connectivity index (χ1) is 9.81. The van der Waals surface area contributed by atoms with Crippen LogP contribution in [-0.4, -0.2) is 28.9 Å². The van der Waals surface area contributed by atoms with Crippen LogP contribution in [0, 0.1) is 0 Å². The van der Waals surface area contributed by atoms with Crippen molar-refractivity contribution in [1.82, 2.24) is 5.32 Å². The predicted octanol–water partition coefficient (Wildman–Crippen LogP) is 0.740. The van der Waals surface area contributed by atoms with E-state index in [0.717, 1.165) is 6.92 Å². The lowest BCUT2D eigenvalue weighted by Crippen LogP contribution is -2.22. The summed E-state index contributed by atoms with van der Waals surface area (Å²) in [6, 6.07) is 3.85. The van der Waals surface area contributed by atoms with Crippen LogP contribution in [0.15, 0.2) is 23.8 Å². The van der Waals surface area contributed by atoms with Crippen LogP contribution in [0.5, 0.6) is 5.75 Å². The van der Waals surface area contributed by atoms with Crippen LogP contribution >= 0.6 is 0 Å². The number of carbonyl (C=O) groups excluding carboxylic acids is 3. The molecule has 2 N–H and O–H groups in total. The van der Waals surface area contributed by atoms with Crippen LogP contribution in [0.2, 0.25) is 0 Å². The number of imide groups is 1. The van der Waals surface area contributed by atoms with E-state index in [4.69, 9.17) is 9.84 Å². The van der Waals surface area contributed by atoms with E-state index in [2.05, 4.69) is 5.32 Å². The molecule has 1 heterocycles. The van der Waals surface area contributed by atoms with Gasteiger partial charge in [0.25, 0.3) is 11.8 Å². The minimum atomic E-state index is -1.27. The van der Waals surface area contributed by atoms with E-state index < -0.39 is 23.8 Å². The zero-order valence-electron chi connectivity index (χ0n) is 11.2. The number of rotatable bonds is 3. The monoisotopic (exact) mass is 289 g/mol. The van der Waals surface area contributed by atoms with Crippen molar-refractivity contribution in [2.45, 2.75) is 13.8 Å². The summed E-state index contributed by atoms with van der Waals surface area (Å²) >= 11 is 0. The molecular formula is C14H11NO6. The van der Waals surface area contributed by atoms with E-state index in [0.29, 0.717) is 5.56 Å². The molecule has 2 rings (SSSR count). The molecule has 1 aliphatic rings. The Morgan fingerprint density at radius 1 is 1.19 bits per heavy atom. The fraction of sp³-hybridized carbons (Fsp3) is 0.143. The lowest BCUT2D eigenvalue weighted by molar-refractivity contribution is -0.132. The first-order valence-electron chi connectivity index (χ1n) is 5.94. The van der Waals surface area contributed by atoms with Gasteiger partial charge in [-0.15, -0.1) is 0 Å². The molecule has 108 valence electrons. The van der Waals surface area contributed by atoms with Crippen molar-refractivity contribution in [1.29, 1.82) is 0 Å². The van der Waals surface area contributed by atoms with Crippen molar-refractivity contribution in [3.8, 4) is 5.75 Å². The second kappa shape index (κ2) is 5.20. The van der Waals surface area contributed by atoms with Gasteiger partial charge in [-0.1, -0.05) is 6.07 Å². The lowest BCUT2D eigenvalue weighted by Gasteiger charge is -2.09. The van der Waals surface area contributed by atoms with Gasteiger partial charge < -0.3 is 9.84 Å². The van der Waals surface area contributed by atoms with E-state index in [9.17, 15) is 19.2 Å². The Hall–Kier alpha value is -2.96. The molecule has 0 saturated heterocycles. The number of ether oxygens (including phenoxy) is 1. The number of nitrogens with one attached hydrogen (secondary N) is 1. The fourth-order valence-corrected chi connectivity index (χ4v) is 1.98. The highest BCUT2D eigenvalue weighted by atomic mass is 16.5. The molecule has 2 amide bonds. The minimum absolute atomic E-state index is 0.130. The van der Waals surface area contributed by atoms with Gasteiger partial charge in [-0.3, -0.25) is 19.7 Å². The summed E-state index contributed by atoms with van der Waals surface area (Å²) < 4.78 is 4.85. The molecule has 0 fully saturated rings. The smallest absolute Gasteiger partial charge is 0.339 e. The Kier molecular flexibility index (Phi) is 3.58. The fourth-order valence-electron chi connectivity index (χ4n) is 1.98. The van der Waals surface area contributed by atoms with E-state index in [1.165, 1.54) is 25.1 Å². The maximum Gasteiger partial charge on any atom is 0.339 e. The molecule has 0 atom stereocenters. The van der Waals surface area contributed by atoms with E-state index >= 15 is 0 Å². The average Bonchev–Trinajstić information content (AvgIpc) is 2.62. The van der Waals surface area contributed by atoms with Crippen molar-refractivity contribution in [2.24, 2.45) is 0 Å². The average molecular weight is 289 g/mol. The highest BCUT2D eigenvalue weighted by molar-refractivity contribution is 6.35. The molecule has 7 nitrogen and oxygen atoms in total. The van der Waals surface area contributed by atoms with Gasteiger partial charge in [-0.25, -0.2) is 4.79 Å².